The lowest BCUT2D eigenvalue weighted by atomic mass is 10.2. The van der Waals surface area contributed by atoms with Crippen LogP contribution in [0.2, 0.25) is 0 Å². The summed E-state index contributed by atoms with van der Waals surface area (Å²) in [4.78, 5) is 12.4. The molecule has 0 radical (unpaired) electrons. The number of amides is 1. The summed E-state index contributed by atoms with van der Waals surface area (Å²) in [6, 6.07) is 17.8. The summed E-state index contributed by atoms with van der Waals surface area (Å²) < 4.78 is 1.78. The number of nitrogens with zero attached hydrogens (tertiary/aromatic N) is 2. The maximum absolute atomic E-state index is 12.4. The minimum Gasteiger partial charge on any atom is -0.356 e. The normalized spacial score (nSPS) is 18.6. The third kappa shape index (κ3) is 3.55. The molecule has 25 heavy (non-hydrogen) atoms. The first-order chi connectivity index (χ1) is 12.2. The second kappa shape index (κ2) is 6.43. The minimum atomic E-state index is 0.0475. The average molecular weight is 332 g/mol. The number of rotatable bonds is 5. The Labute approximate surface area is 146 Å². The molecule has 1 saturated carbocycles. The van der Waals surface area contributed by atoms with E-state index >= 15 is 0 Å². The van der Waals surface area contributed by atoms with Gasteiger partial charge in [0.05, 0.1) is 6.20 Å². The van der Waals surface area contributed by atoms with Crippen LogP contribution in [0.25, 0.3) is 0 Å². The van der Waals surface area contributed by atoms with E-state index in [1.165, 1.54) is 0 Å². The third-order valence-electron chi connectivity index (χ3n) is 4.50. The molecule has 1 heterocycles. The standard InChI is InChI=1S/C20H20N4O/c1-24-13-14(12-21-24)18-11-19(18)20(25)23-17-9-7-16(8-10-17)22-15-5-3-2-4-6-15/h2-10,12-13,18-19,22H,11H2,1H3,(H,23,25)/t18-,19+/m1/s1. The molecule has 1 amide bonds. The highest BCUT2D eigenvalue weighted by atomic mass is 16.2. The van der Waals surface area contributed by atoms with Gasteiger partial charge in [-0.25, -0.2) is 0 Å². The van der Waals surface area contributed by atoms with Crippen molar-refractivity contribution in [3.05, 3.63) is 72.6 Å². The number of carbonyl (C=O) groups is 1. The lowest BCUT2D eigenvalue weighted by Gasteiger charge is -2.08. The zero-order valence-corrected chi connectivity index (χ0v) is 14.0. The highest BCUT2D eigenvalue weighted by Crippen LogP contribution is 2.47. The number of nitrogens with one attached hydrogen (secondary N) is 2. The van der Waals surface area contributed by atoms with E-state index in [1.54, 1.807) is 4.68 Å². The molecule has 0 saturated heterocycles. The lowest BCUT2D eigenvalue weighted by Crippen LogP contribution is -2.14. The van der Waals surface area contributed by atoms with Crippen molar-refractivity contribution < 1.29 is 4.79 Å². The van der Waals surface area contributed by atoms with Gasteiger partial charge in [0.25, 0.3) is 0 Å². The fourth-order valence-electron chi connectivity index (χ4n) is 3.04. The zero-order valence-electron chi connectivity index (χ0n) is 14.0. The van der Waals surface area contributed by atoms with Crippen molar-refractivity contribution in [1.82, 2.24) is 9.78 Å². The van der Waals surface area contributed by atoms with E-state index in [1.807, 2.05) is 74.0 Å². The summed E-state index contributed by atoms with van der Waals surface area (Å²) in [7, 11) is 1.89. The number of aryl methyl sites for hydroxylation is 1. The first-order valence-corrected chi connectivity index (χ1v) is 8.40. The van der Waals surface area contributed by atoms with Gasteiger partial charge in [-0.3, -0.25) is 9.48 Å². The lowest BCUT2D eigenvalue weighted by molar-refractivity contribution is -0.117. The minimum absolute atomic E-state index is 0.0475. The summed E-state index contributed by atoms with van der Waals surface area (Å²) in [5.74, 6) is 0.427. The molecule has 1 aliphatic carbocycles. The number of hydrogen-bond donors (Lipinski definition) is 2. The van der Waals surface area contributed by atoms with E-state index in [0.29, 0.717) is 5.92 Å². The van der Waals surface area contributed by atoms with E-state index in [-0.39, 0.29) is 11.8 Å². The molecule has 2 N–H and O–H groups in total. The van der Waals surface area contributed by atoms with Crippen molar-refractivity contribution in [2.24, 2.45) is 13.0 Å². The van der Waals surface area contributed by atoms with Crippen molar-refractivity contribution in [2.45, 2.75) is 12.3 Å². The molecule has 0 bridgehead atoms. The molecule has 2 atom stereocenters. The van der Waals surface area contributed by atoms with Gasteiger partial charge in [-0.1, -0.05) is 18.2 Å². The van der Waals surface area contributed by atoms with E-state index in [9.17, 15) is 4.79 Å². The second-order valence-corrected chi connectivity index (χ2v) is 6.45. The van der Waals surface area contributed by atoms with Gasteiger partial charge < -0.3 is 10.6 Å². The van der Waals surface area contributed by atoms with Crippen LogP contribution in [0.1, 0.15) is 17.9 Å². The number of para-hydroxylation sites is 1. The fraction of sp³-hybridized carbons (Fsp3) is 0.200. The van der Waals surface area contributed by atoms with Gasteiger partial charge in [-0.2, -0.15) is 5.10 Å². The monoisotopic (exact) mass is 332 g/mol. The van der Waals surface area contributed by atoms with Crippen LogP contribution in [-0.2, 0) is 11.8 Å². The third-order valence-corrected chi connectivity index (χ3v) is 4.50. The SMILES string of the molecule is Cn1cc([C@H]2C[C@@H]2C(=O)Nc2ccc(Nc3ccccc3)cc2)cn1. The zero-order chi connectivity index (χ0) is 17.2. The van der Waals surface area contributed by atoms with Crippen molar-refractivity contribution >= 4 is 23.0 Å². The first kappa shape index (κ1) is 15.4. The Morgan fingerprint density at radius 3 is 2.40 bits per heavy atom. The Balaban J connectivity index is 1.34. The van der Waals surface area contributed by atoms with Gasteiger partial charge in [-0.05, 0) is 54.3 Å². The molecule has 3 aromatic rings. The second-order valence-electron chi connectivity index (χ2n) is 6.45. The van der Waals surface area contributed by atoms with Gasteiger partial charge in [0.1, 0.15) is 0 Å². The van der Waals surface area contributed by atoms with Crippen LogP contribution in [0, 0.1) is 5.92 Å². The molecule has 4 rings (SSSR count). The van der Waals surface area contributed by atoms with E-state index < -0.39 is 0 Å². The van der Waals surface area contributed by atoms with Crippen LogP contribution >= 0.6 is 0 Å². The first-order valence-electron chi connectivity index (χ1n) is 8.40. The van der Waals surface area contributed by atoms with Gasteiger partial charge in [-0.15, -0.1) is 0 Å². The number of aromatic nitrogens is 2. The smallest absolute Gasteiger partial charge is 0.228 e. The molecule has 0 unspecified atom stereocenters. The highest BCUT2D eigenvalue weighted by Gasteiger charge is 2.44. The predicted octanol–water partition coefficient (Wildman–Crippen LogP) is 3.91. The van der Waals surface area contributed by atoms with Gasteiger partial charge in [0.2, 0.25) is 5.91 Å². The molecular formula is C20H20N4O. The van der Waals surface area contributed by atoms with Crippen LogP contribution in [0.4, 0.5) is 17.1 Å². The largest absolute Gasteiger partial charge is 0.356 e. The molecule has 126 valence electrons. The molecular weight excluding hydrogens is 312 g/mol. The van der Waals surface area contributed by atoms with Crippen LogP contribution < -0.4 is 10.6 Å². The molecule has 1 aromatic heterocycles. The predicted molar refractivity (Wildman–Crippen MR) is 98.9 cm³/mol. The molecule has 1 aliphatic rings. The molecule has 5 heteroatoms. The Bertz CT molecular complexity index is 870. The van der Waals surface area contributed by atoms with Crippen molar-refractivity contribution in [2.75, 3.05) is 10.6 Å². The van der Waals surface area contributed by atoms with Crippen molar-refractivity contribution in [1.29, 1.82) is 0 Å². The fourth-order valence-corrected chi connectivity index (χ4v) is 3.04. The number of hydrogen-bond acceptors (Lipinski definition) is 3. The van der Waals surface area contributed by atoms with Crippen LogP contribution in [-0.4, -0.2) is 15.7 Å². The Morgan fingerprint density at radius 1 is 1.04 bits per heavy atom. The van der Waals surface area contributed by atoms with Crippen molar-refractivity contribution in [3.8, 4) is 0 Å². The molecule has 5 nitrogen and oxygen atoms in total. The van der Waals surface area contributed by atoms with Gasteiger partial charge in [0.15, 0.2) is 0 Å². The van der Waals surface area contributed by atoms with E-state index in [4.69, 9.17) is 0 Å². The Morgan fingerprint density at radius 2 is 1.72 bits per heavy atom. The summed E-state index contributed by atoms with van der Waals surface area (Å²) >= 11 is 0. The number of carbonyl (C=O) groups excluding carboxylic acids is 1. The van der Waals surface area contributed by atoms with Gasteiger partial charge >= 0.3 is 0 Å². The number of benzene rings is 2. The molecule has 0 spiro atoms. The van der Waals surface area contributed by atoms with Crippen LogP contribution in [0.3, 0.4) is 0 Å². The maximum Gasteiger partial charge on any atom is 0.228 e. The van der Waals surface area contributed by atoms with Crippen molar-refractivity contribution in [3.63, 3.8) is 0 Å². The summed E-state index contributed by atoms with van der Waals surface area (Å²) in [5.41, 5.74) is 3.99. The molecule has 2 aromatic carbocycles. The van der Waals surface area contributed by atoms with E-state index in [0.717, 1.165) is 29.0 Å². The molecule has 0 aliphatic heterocycles. The maximum atomic E-state index is 12.4. The summed E-state index contributed by atoms with van der Waals surface area (Å²) in [5, 5.41) is 10.5. The number of anilines is 3. The Kier molecular flexibility index (Phi) is 3.98. The average Bonchev–Trinajstić information content (AvgIpc) is 3.32. The van der Waals surface area contributed by atoms with E-state index in [2.05, 4.69) is 15.7 Å². The highest BCUT2D eigenvalue weighted by molar-refractivity contribution is 5.95. The summed E-state index contributed by atoms with van der Waals surface area (Å²) in [6.45, 7) is 0. The topological polar surface area (TPSA) is 59.0 Å². The summed E-state index contributed by atoms with van der Waals surface area (Å²) in [6.07, 6.45) is 4.73. The molecule has 1 fully saturated rings. The van der Waals surface area contributed by atoms with Crippen LogP contribution in [0.5, 0.6) is 0 Å². The Hall–Kier alpha value is -3.08. The quantitative estimate of drug-likeness (QED) is 0.745. The van der Waals surface area contributed by atoms with Crippen LogP contribution in [0.15, 0.2) is 67.0 Å². The van der Waals surface area contributed by atoms with Gasteiger partial charge in [0, 0.05) is 36.2 Å².